The molecule has 1 aliphatic rings. The third-order valence-corrected chi connectivity index (χ3v) is 5.49. The van der Waals surface area contributed by atoms with Crippen LogP contribution in [0.25, 0.3) is 5.57 Å². The summed E-state index contributed by atoms with van der Waals surface area (Å²) in [6.07, 6.45) is 1.65. The molecule has 3 rings (SSSR count). The van der Waals surface area contributed by atoms with Gasteiger partial charge in [0.15, 0.2) is 11.5 Å². The Morgan fingerprint density at radius 1 is 1.03 bits per heavy atom. The van der Waals surface area contributed by atoms with Crippen LogP contribution in [0, 0.1) is 0 Å². The van der Waals surface area contributed by atoms with Crippen molar-refractivity contribution in [2.45, 2.75) is 19.8 Å². The van der Waals surface area contributed by atoms with Gasteiger partial charge in [0.2, 0.25) is 5.75 Å². The first-order valence-electron chi connectivity index (χ1n) is 9.27. The van der Waals surface area contributed by atoms with E-state index in [-0.39, 0.29) is 17.5 Å². The van der Waals surface area contributed by atoms with Crippen molar-refractivity contribution in [1.82, 2.24) is 4.90 Å². The molecule has 0 saturated carbocycles. The van der Waals surface area contributed by atoms with Gasteiger partial charge in [-0.15, -0.1) is 11.3 Å². The third kappa shape index (κ3) is 3.93. The molecule has 8 heteroatoms. The zero-order valence-corrected chi connectivity index (χ0v) is 17.7. The van der Waals surface area contributed by atoms with Gasteiger partial charge in [0.25, 0.3) is 11.8 Å². The Hall–Kier alpha value is -3.00. The Kier molecular flexibility index (Phi) is 6.43. The Labute approximate surface area is 173 Å². The molecule has 2 amide bonds. The van der Waals surface area contributed by atoms with E-state index < -0.39 is 0 Å². The molecule has 0 atom stereocenters. The summed E-state index contributed by atoms with van der Waals surface area (Å²) in [5.41, 5.74) is 1.19. The number of nitrogens with zero attached hydrogens (tertiary/aromatic N) is 1. The molecule has 1 N–H and O–H groups in total. The summed E-state index contributed by atoms with van der Waals surface area (Å²) in [5.74, 6) is 0.743. The first-order chi connectivity index (χ1) is 14.0. The molecule has 2 heterocycles. The summed E-state index contributed by atoms with van der Waals surface area (Å²) in [7, 11) is 4.57. The second-order valence-electron chi connectivity index (χ2n) is 6.38. The van der Waals surface area contributed by atoms with Crippen molar-refractivity contribution < 1.29 is 23.8 Å². The van der Waals surface area contributed by atoms with Crippen molar-refractivity contribution in [3.05, 3.63) is 40.2 Å². The van der Waals surface area contributed by atoms with Gasteiger partial charge < -0.3 is 19.5 Å². The van der Waals surface area contributed by atoms with E-state index in [0.29, 0.717) is 35.1 Å². The number of carbonyl (C=O) groups excluding carboxylic acids is 2. The normalized spacial score (nSPS) is 13.9. The van der Waals surface area contributed by atoms with Crippen molar-refractivity contribution in [2.75, 3.05) is 33.2 Å². The molecule has 0 fully saturated rings. The maximum absolute atomic E-state index is 13.1. The Morgan fingerprint density at radius 3 is 2.24 bits per heavy atom. The zero-order chi connectivity index (χ0) is 21.0. The molecule has 0 radical (unpaired) electrons. The van der Waals surface area contributed by atoms with E-state index in [1.165, 1.54) is 37.6 Å². The summed E-state index contributed by atoms with van der Waals surface area (Å²) >= 11 is 1.42. The zero-order valence-electron chi connectivity index (χ0n) is 16.9. The van der Waals surface area contributed by atoms with Crippen LogP contribution in [-0.2, 0) is 9.59 Å². The van der Waals surface area contributed by atoms with E-state index >= 15 is 0 Å². The number of hydrogen-bond donors (Lipinski definition) is 1. The molecule has 1 aliphatic heterocycles. The summed E-state index contributed by atoms with van der Waals surface area (Å²) in [6.45, 7) is 2.41. The van der Waals surface area contributed by atoms with Crippen molar-refractivity contribution in [3.8, 4) is 17.2 Å². The highest BCUT2D eigenvalue weighted by Crippen LogP contribution is 2.41. The number of rotatable bonds is 9. The van der Waals surface area contributed by atoms with Crippen LogP contribution in [0.5, 0.6) is 17.2 Å². The van der Waals surface area contributed by atoms with Crippen LogP contribution < -0.4 is 19.5 Å². The quantitative estimate of drug-likeness (QED) is 0.627. The summed E-state index contributed by atoms with van der Waals surface area (Å²) in [4.78, 5) is 28.1. The number of benzene rings is 1. The summed E-state index contributed by atoms with van der Waals surface area (Å²) < 4.78 is 16.1. The van der Waals surface area contributed by atoms with Gasteiger partial charge >= 0.3 is 0 Å². The van der Waals surface area contributed by atoms with E-state index in [1.54, 1.807) is 12.1 Å². The maximum atomic E-state index is 13.1. The molecule has 1 aromatic heterocycles. The predicted octanol–water partition coefficient (Wildman–Crippen LogP) is 3.77. The van der Waals surface area contributed by atoms with Gasteiger partial charge in [-0.3, -0.25) is 14.5 Å². The number of unbranched alkanes of at least 4 members (excludes halogenated alkanes) is 1. The SMILES string of the molecule is CCCCN1C(=O)C(Nc2cc(OC)c(OC)c(OC)c2)=C(c2cccs2)C1=O. The van der Waals surface area contributed by atoms with Gasteiger partial charge in [-0.1, -0.05) is 19.4 Å². The van der Waals surface area contributed by atoms with Crippen LogP contribution in [0.4, 0.5) is 5.69 Å². The maximum Gasteiger partial charge on any atom is 0.278 e. The lowest BCUT2D eigenvalue weighted by Gasteiger charge is -2.16. The van der Waals surface area contributed by atoms with Gasteiger partial charge in [-0.2, -0.15) is 0 Å². The lowest BCUT2D eigenvalue weighted by Crippen LogP contribution is -2.33. The molecule has 0 aliphatic carbocycles. The molecule has 0 saturated heterocycles. The van der Waals surface area contributed by atoms with Crippen molar-refractivity contribution in [1.29, 1.82) is 0 Å². The molecule has 0 unspecified atom stereocenters. The van der Waals surface area contributed by atoms with Gasteiger partial charge in [0.05, 0.1) is 26.9 Å². The lowest BCUT2D eigenvalue weighted by molar-refractivity contribution is -0.136. The fraction of sp³-hybridized carbons (Fsp3) is 0.333. The molecule has 0 spiro atoms. The third-order valence-electron chi connectivity index (χ3n) is 4.60. The first kappa shape index (κ1) is 20.7. The summed E-state index contributed by atoms with van der Waals surface area (Å²) in [5, 5.41) is 5.01. The molecular weight excluding hydrogens is 392 g/mol. The minimum absolute atomic E-state index is 0.253. The molecular formula is C21H24N2O5S. The number of nitrogens with one attached hydrogen (secondary N) is 1. The number of imide groups is 1. The predicted molar refractivity (Wildman–Crippen MR) is 113 cm³/mol. The second kappa shape index (κ2) is 9.00. The molecule has 154 valence electrons. The molecule has 0 bridgehead atoms. The van der Waals surface area contributed by atoms with E-state index in [0.717, 1.165) is 17.7 Å². The number of hydrogen-bond acceptors (Lipinski definition) is 7. The number of amides is 2. The fourth-order valence-electron chi connectivity index (χ4n) is 3.16. The minimum atomic E-state index is -0.333. The number of carbonyl (C=O) groups is 2. The van der Waals surface area contributed by atoms with Gasteiger partial charge in [-0.25, -0.2) is 0 Å². The standard InChI is InChI=1S/C21H24N2O5S/c1-5-6-9-23-20(24)17(16-8-7-10-29-16)18(21(23)25)22-13-11-14(26-2)19(28-4)15(12-13)27-3/h7-8,10-12,22H,5-6,9H2,1-4H3. The lowest BCUT2D eigenvalue weighted by atomic mass is 10.1. The van der Waals surface area contributed by atoms with Crippen LogP contribution in [-0.4, -0.2) is 44.6 Å². The number of anilines is 1. The average molecular weight is 416 g/mol. The average Bonchev–Trinajstić information content (AvgIpc) is 3.33. The van der Waals surface area contributed by atoms with Crippen molar-refractivity contribution >= 4 is 34.4 Å². The van der Waals surface area contributed by atoms with Crippen LogP contribution in [0.1, 0.15) is 24.6 Å². The van der Waals surface area contributed by atoms with Crippen LogP contribution in [0.2, 0.25) is 0 Å². The summed E-state index contributed by atoms with van der Waals surface area (Å²) in [6, 6.07) is 7.10. The number of methoxy groups -OCH3 is 3. The number of ether oxygens (including phenoxy) is 3. The molecule has 1 aromatic carbocycles. The second-order valence-corrected chi connectivity index (χ2v) is 7.33. The van der Waals surface area contributed by atoms with E-state index in [2.05, 4.69) is 5.32 Å². The largest absolute Gasteiger partial charge is 0.493 e. The highest BCUT2D eigenvalue weighted by atomic mass is 32.1. The van der Waals surface area contributed by atoms with Crippen LogP contribution in [0.3, 0.4) is 0 Å². The van der Waals surface area contributed by atoms with E-state index in [9.17, 15) is 9.59 Å². The molecule has 29 heavy (non-hydrogen) atoms. The molecule has 2 aromatic rings. The minimum Gasteiger partial charge on any atom is -0.493 e. The van der Waals surface area contributed by atoms with Gasteiger partial charge in [-0.05, 0) is 17.9 Å². The number of thiophene rings is 1. The monoisotopic (exact) mass is 416 g/mol. The van der Waals surface area contributed by atoms with Gasteiger partial charge in [0.1, 0.15) is 5.70 Å². The smallest absolute Gasteiger partial charge is 0.278 e. The fourth-order valence-corrected chi connectivity index (χ4v) is 3.93. The van der Waals surface area contributed by atoms with Gasteiger partial charge in [0, 0.05) is 29.2 Å². The Morgan fingerprint density at radius 2 is 1.72 bits per heavy atom. The topological polar surface area (TPSA) is 77.1 Å². The highest BCUT2D eigenvalue weighted by molar-refractivity contribution is 7.11. The Balaban J connectivity index is 2.05. The van der Waals surface area contributed by atoms with E-state index in [1.807, 2.05) is 24.4 Å². The first-order valence-corrected chi connectivity index (χ1v) is 10.1. The highest BCUT2D eigenvalue weighted by Gasteiger charge is 2.39. The molecule has 7 nitrogen and oxygen atoms in total. The van der Waals surface area contributed by atoms with E-state index in [4.69, 9.17) is 14.2 Å². The van der Waals surface area contributed by atoms with Crippen molar-refractivity contribution in [3.63, 3.8) is 0 Å². The van der Waals surface area contributed by atoms with Crippen LogP contribution >= 0.6 is 11.3 Å². The van der Waals surface area contributed by atoms with Crippen molar-refractivity contribution in [2.24, 2.45) is 0 Å². The van der Waals surface area contributed by atoms with Crippen LogP contribution in [0.15, 0.2) is 35.3 Å². The Bertz CT molecular complexity index is 912.